The van der Waals surface area contributed by atoms with E-state index >= 15 is 0 Å². The summed E-state index contributed by atoms with van der Waals surface area (Å²) in [6.07, 6.45) is 1.42. The van der Waals surface area contributed by atoms with Gasteiger partial charge in [-0.05, 0) is 12.8 Å². The smallest absolute Gasteiger partial charge is 0.331 e. The Labute approximate surface area is 151 Å². The topological polar surface area (TPSA) is 119 Å². The molecular formula is C17H25NO8. The molecule has 0 aromatic carbocycles. The number of esters is 3. The quantitative estimate of drug-likeness (QED) is 0.371. The first kappa shape index (κ1) is 21.6. The van der Waals surface area contributed by atoms with E-state index in [0.717, 1.165) is 12.2 Å². The fourth-order valence-electron chi connectivity index (χ4n) is 2.49. The first-order valence-corrected chi connectivity index (χ1v) is 8.13. The van der Waals surface area contributed by atoms with Gasteiger partial charge in [0.25, 0.3) is 5.91 Å². The molecule has 1 amide bonds. The Morgan fingerprint density at radius 3 is 2.35 bits per heavy atom. The molecule has 0 bridgehead atoms. The molecule has 2 atom stereocenters. The third kappa shape index (κ3) is 5.55. The van der Waals surface area contributed by atoms with Crippen LogP contribution in [0.5, 0.6) is 0 Å². The summed E-state index contributed by atoms with van der Waals surface area (Å²) in [5.41, 5.74) is -1.10. The van der Waals surface area contributed by atoms with Crippen molar-refractivity contribution in [2.75, 3.05) is 27.4 Å². The van der Waals surface area contributed by atoms with Crippen LogP contribution in [0, 0.1) is 5.41 Å². The van der Waals surface area contributed by atoms with Crippen LogP contribution < -0.4 is 0 Å². The van der Waals surface area contributed by atoms with Gasteiger partial charge in [-0.25, -0.2) is 14.4 Å². The van der Waals surface area contributed by atoms with Crippen molar-refractivity contribution in [3.63, 3.8) is 0 Å². The van der Waals surface area contributed by atoms with Crippen LogP contribution in [0.4, 0.5) is 0 Å². The van der Waals surface area contributed by atoms with E-state index in [4.69, 9.17) is 4.74 Å². The van der Waals surface area contributed by atoms with Gasteiger partial charge in [-0.15, -0.1) is 0 Å². The number of likely N-dealkylation sites (tertiary alicyclic amines) is 1. The van der Waals surface area contributed by atoms with Crippen molar-refractivity contribution in [3.05, 3.63) is 12.2 Å². The number of amides is 1. The van der Waals surface area contributed by atoms with Crippen molar-refractivity contribution < 1.29 is 38.5 Å². The zero-order chi connectivity index (χ0) is 19.9. The third-order valence-electron chi connectivity index (χ3n) is 4.13. The SMILES string of the molecule is COC(=O)/C=C/C(=O)OCC(C)(C)[C@@H](O)C(=O)N1CCCC1C(=O)OC. The number of hydrogen-bond acceptors (Lipinski definition) is 8. The molecule has 1 fully saturated rings. The van der Waals surface area contributed by atoms with Gasteiger partial charge < -0.3 is 24.2 Å². The molecule has 0 aromatic rings. The van der Waals surface area contributed by atoms with E-state index < -0.39 is 41.4 Å². The third-order valence-corrected chi connectivity index (χ3v) is 4.13. The van der Waals surface area contributed by atoms with Gasteiger partial charge in [0.05, 0.1) is 20.8 Å². The van der Waals surface area contributed by atoms with Crippen LogP contribution in [0.1, 0.15) is 26.7 Å². The minimum Gasteiger partial charge on any atom is -0.467 e. The van der Waals surface area contributed by atoms with Gasteiger partial charge in [-0.1, -0.05) is 13.8 Å². The van der Waals surface area contributed by atoms with Crippen molar-refractivity contribution in [2.45, 2.75) is 38.8 Å². The van der Waals surface area contributed by atoms with Gasteiger partial charge in [0.15, 0.2) is 0 Å². The number of rotatable bonds is 7. The Morgan fingerprint density at radius 1 is 1.15 bits per heavy atom. The molecule has 1 N–H and O–H groups in total. The summed E-state index contributed by atoms with van der Waals surface area (Å²) in [6, 6.07) is -0.719. The number of ether oxygens (including phenoxy) is 3. The maximum Gasteiger partial charge on any atom is 0.331 e. The second-order valence-corrected chi connectivity index (χ2v) is 6.57. The molecule has 1 rings (SSSR count). The minimum absolute atomic E-state index is 0.263. The molecule has 0 radical (unpaired) electrons. The highest BCUT2D eigenvalue weighted by Crippen LogP contribution is 2.27. The number of methoxy groups -OCH3 is 2. The molecule has 0 spiro atoms. The van der Waals surface area contributed by atoms with E-state index in [2.05, 4.69) is 9.47 Å². The monoisotopic (exact) mass is 371 g/mol. The zero-order valence-corrected chi connectivity index (χ0v) is 15.4. The van der Waals surface area contributed by atoms with E-state index in [1.54, 1.807) is 13.8 Å². The van der Waals surface area contributed by atoms with E-state index in [-0.39, 0.29) is 6.61 Å². The fourth-order valence-corrected chi connectivity index (χ4v) is 2.49. The molecule has 1 heterocycles. The van der Waals surface area contributed by atoms with Gasteiger partial charge in [0, 0.05) is 24.1 Å². The van der Waals surface area contributed by atoms with E-state index in [1.165, 1.54) is 19.1 Å². The Hall–Kier alpha value is -2.42. The van der Waals surface area contributed by atoms with Crippen molar-refractivity contribution in [3.8, 4) is 0 Å². The number of aliphatic hydroxyl groups is 1. The Morgan fingerprint density at radius 2 is 1.77 bits per heavy atom. The Bertz CT molecular complexity index is 583. The summed E-state index contributed by atoms with van der Waals surface area (Å²) in [5, 5.41) is 10.4. The second-order valence-electron chi connectivity index (χ2n) is 6.57. The normalized spacial score (nSPS) is 18.5. The maximum absolute atomic E-state index is 12.6. The van der Waals surface area contributed by atoms with E-state index in [1.807, 2.05) is 0 Å². The Kier molecular flexibility index (Phi) is 7.76. The summed E-state index contributed by atoms with van der Waals surface area (Å²) >= 11 is 0. The molecule has 9 nitrogen and oxygen atoms in total. The lowest BCUT2D eigenvalue weighted by Gasteiger charge is -2.33. The van der Waals surface area contributed by atoms with Gasteiger partial charge in [-0.3, -0.25) is 4.79 Å². The molecular weight excluding hydrogens is 346 g/mol. The van der Waals surface area contributed by atoms with Crippen LogP contribution >= 0.6 is 0 Å². The first-order chi connectivity index (χ1) is 12.1. The molecule has 26 heavy (non-hydrogen) atoms. The van der Waals surface area contributed by atoms with Crippen molar-refractivity contribution >= 4 is 23.8 Å². The van der Waals surface area contributed by atoms with Crippen LogP contribution in [0.25, 0.3) is 0 Å². The lowest BCUT2D eigenvalue weighted by molar-refractivity contribution is -0.160. The van der Waals surface area contributed by atoms with Crippen LogP contribution in [0.2, 0.25) is 0 Å². The number of carbonyl (C=O) groups is 4. The molecule has 1 aliphatic heterocycles. The highest BCUT2D eigenvalue weighted by molar-refractivity contribution is 5.91. The second kappa shape index (κ2) is 9.33. The maximum atomic E-state index is 12.6. The van der Waals surface area contributed by atoms with Gasteiger partial charge in [-0.2, -0.15) is 0 Å². The number of carbonyl (C=O) groups excluding carboxylic acids is 4. The van der Waals surface area contributed by atoms with E-state index in [0.29, 0.717) is 19.4 Å². The molecule has 0 aliphatic carbocycles. The van der Waals surface area contributed by atoms with Crippen molar-refractivity contribution in [2.24, 2.45) is 5.41 Å². The molecule has 146 valence electrons. The van der Waals surface area contributed by atoms with Gasteiger partial charge in [0.2, 0.25) is 0 Å². The van der Waals surface area contributed by atoms with Crippen molar-refractivity contribution in [1.29, 1.82) is 0 Å². The molecule has 1 aliphatic rings. The lowest BCUT2D eigenvalue weighted by Crippen LogP contribution is -2.51. The summed E-state index contributed by atoms with van der Waals surface area (Å²) in [6.45, 7) is 3.18. The molecule has 0 aromatic heterocycles. The molecule has 1 unspecified atom stereocenters. The molecule has 0 saturated carbocycles. The fraction of sp³-hybridized carbons (Fsp3) is 0.647. The summed E-state index contributed by atoms with van der Waals surface area (Å²) in [5.74, 6) is -2.67. The summed E-state index contributed by atoms with van der Waals surface area (Å²) in [7, 11) is 2.41. The van der Waals surface area contributed by atoms with Crippen LogP contribution in [-0.2, 0) is 33.4 Å². The van der Waals surface area contributed by atoms with Gasteiger partial charge in [0.1, 0.15) is 12.1 Å². The Balaban J connectivity index is 2.68. The average molecular weight is 371 g/mol. The van der Waals surface area contributed by atoms with Crippen LogP contribution in [-0.4, -0.2) is 73.3 Å². The largest absolute Gasteiger partial charge is 0.467 e. The minimum atomic E-state index is -1.48. The highest BCUT2D eigenvalue weighted by atomic mass is 16.5. The van der Waals surface area contributed by atoms with E-state index in [9.17, 15) is 24.3 Å². The van der Waals surface area contributed by atoms with Crippen LogP contribution in [0.3, 0.4) is 0 Å². The van der Waals surface area contributed by atoms with Crippen molar-refractivity contribution in [1.82, 2.24) is 4.90 Å². The zero-order valence-electron chi connectivity index (χ0n) is 15.4. The highest BCUT2D eigenvalue weighted by Gasteiger charge is 2.42. The standard InChI is InChI=1S/C17H25NO8/c1-17(2,10-26-13(20)8-7-12(19)24-3)14(21)15(22)18-9-5-6-11(18)16(23)25-4/h7-8,11,14,21H,5-6,9-10H2,1-4H3/b8-7+/t11?,14-/m0/s1. The first-order valence-electron chi connectivity index (χ1n) is 8.13. The molecule has 1 saturated heterocycles. The summed E-state index contributed by atoms with van der Waals surface area (Å²) in [4.78, 5) is 48.1. The number of aliphatic hydroxyl groups excluding tert-OH is 1. The predicted octanol–water partition coefficient (Wildman–Crippen LogP) is -0.190. The average Bonchev–Trinajstić information content (AvgIpc) is 3.12. The summed E-state index contributed by atoms with van der Waals surface area (Å²) < 4.78 is 14.0. The van der Waals surface area contributed by atoms with Gasteiger partial charge >= 0.3 is 17.9 Å². The predicted molar refractivity (Wildman–Crippen MR) is 88.7 cm³/mol. The lowest BCUT2D eigenvalue weighted by atomic mass is 9.86. The van der Waals surface area contributed by atoms with Crippen LogP contribution in [0.15, 0.2) is 12.2 Å². The molecule has 9 heteroatoms. The number of nitrogens with zero attached hydrogens (tertiary/aromatic N) is 1. The number of hydrogen-bond donors (Lipinski definition) is 1.